The van der Waals surface area contributed by atoms with Crippen LogP contribution in [0.2, 0.25) is 5.02 Å². The largest absolute Gasteiger partial charge is 0.495 e. The number of sulfonamides is 1. The molecule has 8 nitrogen and oxygen atoms in total. The molecule has 36 heavy (non-hydrogen) atoms. The van der Waals surface area contributed by atoms with Crippen molar-refractivity contribution in [1.29, 1.82) is 0 Å². The number of hydrogen-bond donors (Lipinski definition) is 1. The van der Waals surface area contributed by atoms with Gasteiger partial charge in [-0.3, -0.25) is 13.9 Å². The smallest absolute Gasteiger partial charge is 0.264 e. The molecule has 0 fully saturated rings. The average molecular weight is 530 g/mol. The lowest BCUT2D eigenvalue weighted by atomic mass is 10.1. The molecule has 190 valence electrons. The van der Waals surface area contributed by atoms with Crippen LogP contribution in [0.3, 0.4) is 0 Å². The predicted molar refractivity (Wildman–Crippen MR) is 139 cm³/mol. The summed E-state index contributed by atoms with van der Waals surface area (Å²) >= 11 is 6.32. The molecule has 0 unspecified atom stereocenters. The molecule has 0 spiro atoms. The fourth-order valence-electron chi connectivity index (χ4n) is 3.67. The molecule has 2 amide bonds. The van der Waals surface area contributed by atoms with Crippen molar-refractivity contribution in [2.45, 2.75) is 24.4 Å². The number of nitrogens with one attached hydrogen (secondary N) is 1. The van der Waals surface area contributed by atoms with Gasteiger partial charge in [0, 0.05) is 18.6 Å². The molecular weight excluding hydrogens is 502 g/mol. The maximum atomic E-state index is 13.7. The van der Waals surface area contributed by atoms with E-state index in [0.29, 0.717) is 10.6 Å². The van der Waals surface area contributed by atoms with Crippen LogP contribution in [0.4, 0.5) is 5.69 Å². The van der Waals surface area contributed by atoms with Gasteiger partial charge in [-0.15, -0.1) is 0 Å². The Morgan fingerprint density at radius 3 is 2.22 bits per heavy atom. The molecule has 1 atom stereocenters. The molecule has 3 aromatic carbocycles. The van der Waals surface area contributed by atoms with Crippen molar-refractivity contribution in [3.8, 4) is 5.75 Å². The standard InChI is InChI=1S/C26H28ClN3O5S/c1-19(26(32)28-2)29(17-20-11-7-8-14-22(20)27)25(31)18-30(23-15-9-10-16-24(23)35-3)36(33,34)21-12-5-4-6-13-21/h4-16,19H,17-18H2,1-3H3,(H,28,32)/t19-/m0/s1. The van der Waals surface area contributed by atoms with Gasteiger partial charge in [0.05, 0.1) is 17.7 Å². The predicted octanol–water partition coefficient (Wildman–Crippen LogP) is 3.71. The minimum Gasteiger partial charge on any atom is -0.495 e. The first-order valence-corrected chi connectivity index (χ1v) is 13.0. The van der Waals surface area contributed by atoms with E-state index in [1.165, 1.54) is 31.2 Å². The van der Waals surface area contributed by atoms with E-state index in [9.17, 15) is 18.0 Å². The van der Waals surface area contributed by atoms with Crippen molar-refractivity contribution < 1.29 is 22.7 Å². The van der Waals surface area contributed by atoms with Gasteiger partial charge >= 0.3 is 0 Å². The van der Waals surface area contributed by atoms with Crippen molar-refractivity contribution in [1.82, 2.24) is 10.2 Å². The summed E-state index contributed by atoms with van der Waals surface area (Å²) in [6, 6.07) is 20.4. The molecule has 0 aliphatic carbocycles. The van der Waals surface area contributed by atoms with Gasteiger partial charge in [-0.05, 0) is 42.8 Å². The third-order valence-corrected chi connectivity index (χ3v) is 7.82. The van der Waals surface area contributed by atoms with Crippen LogP contribution in [-0.2, 0) is 26.2 Å². The van der Waals surface area contributed by atoms with Crippen LogP contribution in [0.15, 0.2) is 83.8 Å². The van der Waals surface area contributed by atoms with Gasteiger partial charge in [0.15, 0.2) is 0 Å². The molecule has 1 N–H and O–H groups in total. The van der Waals surface area contributed by atoms with Crippen LogP contribution in [-0.4, -0.2) is 51.9 Å². The van der Waals surface area contributed by atoms with Crippen LogP contribution in [0, 0.1) is 0 Å². The Kier molecular flexibility index (Phi) is 8.95. The quantitative estimate of drug-likeness (QED) is 0.432. The Labute approximate surface area is 216 Å². The monoisotopic (exact) mass is 529 g/mol. The number of carbonyl (C=O) groups excluding carboxylic acids is 2. The first-order chi connectivity index (χ1) is 17.2. The summed E-state index contributed by atoms with van der Waals surface area (Å²) in [5.41, 5.74) is 0.820. The summed E-state index contributed by atoms with van der Waals surface area (Å²) in [4.78, 5) is 27.6. The molecule has 0 bridgehead atoms. The average Bonchev–Trinajstić information content (AvgIpc) is 2.90. The molecule has 0 radical (unpaired) electrons. The summed E-state index contributed by atoms with van der Waals surface area (Å²) in [5, 5.41) is 2.97. The van der Waals surface area contributed by atoms with Gasteiger partial charge in [0.1, 0.15) is 18.3 Å². The van der Waals surface area contributed by atoms with Gasteiger partial charge in [-0.1, -0.05) is 60.1 Å². The van der Waals surface area contributed by atoms with Crippen molar-refractivity contribution in [3.05, 3.63) is 89.4 Å². The highest BCUT2D eigenvalue weighted by Gasteiger charge is 2.33. The van der Waals surface area contributed by atoms with E-state index < -0.39 is 34.4 Å². The molecular formula is C26H28ClN3O5S. The van der Waals surface area contributed by atoms with Gasteiger partial charge in [-0.25, -0.2) is 8.42 Å². The number of para-hydroxylation sites is 2. The molecule has 0 heterocycles. The van der Waals surface area contributed by atoms with Crippen LogP contribution < -0.4 is 14.4 Å². The minimum atomic E-state index is -4.17. The highest BCUT2D eigenvalue weighted by atomic mass is 35.5. The van der Waals surface area contributed by atoms with Crippen LogP contribution in [0.1, 0.15) is 12.5 Å². The summed E-state index contributed by atoms with van der Waals surface area (Å²) < 4.78 is 33.9. The van der Waals surface area contributed by atoms with Crippen LogP contribution >= 0.6 is 11.6 Å². The number of nitrogens with zero attached hydrogens (tertiary/aromatic N) is 2. The maximum absolute atomic E-state index is 13.7. The zero-order chi connectivity index (χ0) is 26.3. The number of ether oxygens (including phenoxy) is 1. The SMILES string of the molecule is CNC(=O)[C@H](C)N(Cc1ccccc1Cl)C(=O)CN(c1ccccc1OC)S(=O)(=O)c1ccccc1. The maximum Gasteiger partial charge on any atom is 0.264 e. The fraction of sp³-hybridized carbons (Fsp3) is 0.231. The molecule has 10 heteroatoms. The van der Waals surface area contributed by atoms with E-state index >= 15 is 0 Å². The van der Waals surface area contributed by atoms with E-state index in [1.807, 2.05) is 0 Å². The van der Waals surface area contributed by atoms with Crippen LogP contribution in [0.25, 0.3) is 0 Å². The van der Waals surface area contributed by atoms with E-state index in [0.717, 1.165) is 4.31 Å². The summed E-state index contributed by atoms with van der Waals surface area (Å²) in [5.74, 6) is -0.705. The highest BCUT2D eigenvalue weighted by Crippen LogP contribution is 2.32. The van der Waals surface area contributed by atoms with E-state index in [4.69, 9.17) is 16.3 Å². The number of halogens is 1. The molecule has 0 aliphatic heterocycles. The molecule has 0 saturated heterocycles. The van der Waals surface area contributed by atoms with Crippen molar-refractivity contribution in [2.75, 3.05) is 25.0 Å². The summed E-state index contributed by atoms with van der Waals surface area (Å²) in [6.07, 6.45) is 0. The summed E-state index contributed by atoms with van der Waals surface area (Å²) in [7, 11) is -1.28. The van der Waals surface area contributed by atoms with Gasteiger partial charge in [-0.2, -0.15) is 0 Å². The van der Waals surface area contributed by atoms with Crippen molar-refractivity contribution >= 4 is 39.1 Å². The lowest BCUT2D eigenvalue weighted by Gasteiger charge is -2.32. The second-order valence-corrected chi connectivity index (χ2v) is 10.2. The minimum absolute atomic E-state index is 0.0121. The highest BCUT2D eigenvalue weighted by molar-refractivity contribution is 7.92. The van der Waals surface area contributed by atoms with Crippen molar-refractivity contribution in [2.24, 2.45) is 0 Å². The topological polar surface area (TPSA) is 96.0 Å². The molecule has 0 aromatic heterocycles. The Bertz CT molecular complexity index is 1320. The number of methoxy groups -OCH3 is 1. The second-order valence-electron chi connectivity index (χ2n) is 7.90. The third-order valence-electron chi connectivity index (χ3n) is 5.68. The number of likely N-dealkylation sites (N-methyl/N-ethyl adjacent to an activating group) is 1. The molecule has 3 rings (SSSR count). The number of hydrogen-bond acceptors (Lipinski definition) is 5. The first-order valence-electron chi connectivity index (χ1n) is 11.2. The normalized spacial score (nSPS) is 11.9. The number of rotatable bonds is 10. The fourth-order valence-corrected chi connectivity index (χ4v) is 5.31. The number of amides is 2. The first kappa shape index (κ1) is 27.0. The Morgan fingerprint density at radius 1 is 0.972 bits per heavy atom. The second kappa shape index (κ2) is 11.9. The Morgan fingerprint density at radius 2 is 1.58 bits per heavy atom. The zero-order valence-electron chi connectivity index (χ0n) is 20.2. The third kappa shape index (κ3) is 5.98. The molecule has 0 aliphatic rings. The number of anilines is 1. The zero-order valence-corrected chi connectivity index (χ0v) is 21.8. The van der Waals surface area contributed by atoms with Gasteiger partial charge in [0.25, 0.3) is 10.0 Å². The number of benzene rings is 3. The Balaban J connectivity index is 2.07. The van der Waals surface area contributed by atoms with E-state index in [1.54, 1.807) is 73.7 Å². The van der Waals surface area contributed by atoms with Crippen LogP contribution in [0.5, 0.6) is 5.75 Å². The van der Waals surface area contributed by atoms with Crippen molar-refractivity contribution in [3.63, 3.8) is 0 Å². The molecule has 0 saturated carbocycles. The van der Waals surface area contributed by atoms with E-state index in [2.05, 4.69) is 5.32 Å². The number of carbonyl (C=O) groups is 2. The summed E-state index contributed by atoms with van der Waals surface area (Å²) in [6.45, 7) is 1.02. The lowest BCUT2D eigenvalue weighted by Crippen LogP contribution is -2.50. The van der Waals surface area contributed by atoms with Gasteiger partial charge < -0.3 is 15.0 Å². The van der Waals surface area contributed by atoms with E-state index in [-0.39, 0.29) is 22.9 Å². The molecule has 3 aromatic rings. The van der Waals surface area contributed by atoms with Gasteiger partial charge in [0.2, 0.25) is 11.8 Å². The Hall–Kier alpha value is -3.56. The lowest BCUT2D eigenvalue weighted by molar-refractivity contribution is -0.139.